The first-order valence-electron chi connectivity index (χ1n) is 9.87. The first kappa shape index (κ1) is 19.9. The normalized spacial score (nSPS) is 19.2. The zero-order valence-electron chi connectivity index (χ0n) is 17.0. The summed E-state index contributed by atoms with van der Waals surface area (Å²) in [7, 11) is 3.23. The van der Waals surface area contributed by atoms with Gasteiger partial charge in [0.25, 0.3) is 0 Å². The first-order chi connectivity index (χ1) is 15.1. The van der Waals surface area contributed by atoms with E-state index < -0.39 is 6.23 Å². The Bertz CT molecular complexity index is 1170. The lowest BCUT2D eigenvalue weighted by Gasteiger charge is -2.38. The van der Waals surface area contributed by atoms with Crippen LogP contribution in [0.5, 0.6) is 17.2 Å². The van der Waals surface area contributed by atoms with Gasteiger partial charge in [-0.15, -0.1) is 0 Å². The molecule has 0 fully saturated rings. The summed E-state index contributed by atoms with van der Waals surface area (Å²) in [5.74, 6) is 1.85. The van der Waals surface area contributed by atoms with Crippen molar-refractivity contribution in [3.05, 3.63) is 87.6 Å². The Balaban J connectivity index is 1.58. The standard InChI is InChI=1S/C24H20BrFN2O3/c1-29-22-9-5-15(11-23(22)30-2)19-13-20-18-12-16(25)6-10-21(18)31-24(28(20)27-19)14-3-7-17(26)8-4-14/h3-12,20,24H,13H2,1-2H3/t20-,24+/m0/s1. The number of nitrogens with zero attached hydrogens (tertiary/aromatic N) is 2. The Kier molecular flexibility index (Phi) is 5.06. The summed E-state index contributed by atoms with van der Waals surface area (Å²) < 4.78 is 31.6. The second-order valence-electron chi connectivity index (χ2n) is 7.42. The lowest BCUT2D eigenvalue weighted by Crippen LogP contribution is -2.33. The van der Waals surface area contributed by atoms with Crippen molar-refractivity contribution in [2.24, 2.45) is 5.10 Å². The third-order valence-corrected chi connectivity index (χ3v) is 6.12. The van der Waals surface area contributed by atoms with Gasteiger partial charge in [-0.25, -0.2) is 9.40 Å². The number of ether oxygens (including phenoxy) is 3. The Labute approximate surface area is 188 Å². The van der Waals surface area contributed by atoms with Gasteiger partial charge in [0.05, 0.1) is 26.0 Å². The Morgan fingerprint density at radius 1 is 1.00 bits per heavy atom. The fraction of sp³-hybridized carbons (Fsp3) is 0.208. The minimum absolute atomic E-state index is 0.000556. The third kappa shape index (κ3) is 3.53. The molecule has 3 aromatic carbocycles. The van der Waals surface area contributed by atoms with E-state index in [2.05, 4.69) is 22.0 Å². The number of hydrazone groups is 1. The average Bonchev–Trinajstić information content (AvgIpc) is 3.24. The first-order valence-corrected chi connectivity index (χ1v) is 10.7. The van der Waals surface area contributed by atoms with Gasteiger partial charge < -0.3 is 14.2 Å². The summed E-state index contributed by atoms with van der Waals surface area (Å²) in [5.41, 5.74) is 3.79. The highest BCUT2D eigenvalue weighted by Gasteiger charge is 2.41. The van der Waals surface area contributed by atoms with Crippen LogP contribution in [-0.4, -0.2) is 24.9 Å². The van der Waals surface area contributed by atoms with Gasteiger partial charge in [0.2, 0.25) is 6.23 Å². The van der Waals surface area contributed by atoms with Gasteiger partial charge in [0.1, 0.15) is 11.6 Å². The zero-order chi connectivity index (χ0) is 21.5. The van der Waals surface area contributed by atoms with E-state index >= 15 is 0 Å². The van der Waals surface area contributed by atoms with E-state index in [0.717, 1.165) is 32.6 Å². The zero-order valence-corrected chi connectivity index (χ0v) is 18.6. The molecule has 0 saturated heterocycles. The highest BCUT2D eigenvalue weighted by molar-refractivity contribution is 9.10. The molecule has 2 heterocycles. The fourth-order valence-corrected chi connectivity index (χ4v) is 4.47. The largest absolute Gasteiger partial charge is 0.493 e. The summed E-state index contributed by atoms with van der Waals surface area (Å²) in [6.45, 7) is 0. The molecular formula is C24H20BrFN2O3. The predicted molar refractivity (Wildman–Crippen MR) is 119 cm³/mol. The van der Waals surface area contributed by atoms with Crippen molar-refractivity contribution in [1.29, 1.82) is 0 Å². The van der Waals surface area contributed by atoms with Crippen LogP contribution in [0, 0.1) is 5.82 Å². The van der Waals surface area contributed by atoms with Crippen molar-refractivity contribution in [3.8, 4) is 17.2 Å². The fourth-order valence-electron chi connectivity index (χ4n) is 4.10. The predicted octanol–water partition coefficient (Wildman–Crippen LogP) is 5.85. The van der Waals surface area contributed by atoms with Crippen molar-refractivity contribution in [2.45, 2.75) is 18.7 Å². The Morgan fingerprint density at radius 3 is 2.52 bits per heavy atom. The Hall–Kier alpha value is -3.06. The lowest BCUT2D eigenvalue weighted by molar-refractivity contribution is -0.0191. The van der Waals surface area contributed by atoms with Crippen LogP contribution >= 0.6 is 15.9 Å². The van der Waals surface area contributed by atoms with E-state index in [9.17, 15) is 4.39 Å². The number of methoxy groups -OCH3 is 2. The number of halogens is 2. The van der Waals surface area contributed by atoms with Gasteiger partial charge in [-0.2, -0.15) is 5.10 Å². The molecule has 2 aliphatic heterocycles. The van der Waals surface area contributed by atoms with E-state index in [1.165, 1.54) is 12.1 Å². The molecule has 0 N–H and O–H groups in total. The molecule has 3 aromatic rings. The van der Waals surface area contributed by atoms with Crippen molar-refractivity contribution in [3.63, 3.8) is 0 Å². The molecular weight excluding hydrogens is 463 g/mol. The van der Waals surface area contributed by atoms with E-state index in [0.29, 0.717) is 17.9 Å². The molecule has 5 rings (SSSR count). The smallest absolute Gasteiger partial charge is 0.213 e. The topological polar surface area (TPSA) is 43.3 Å². The molecule has 0 bridgehead atoms. The van der Waals surface area contributed by atoms with Gasteiger partial charge in [-0.3, -0.25) is 0 Å². The van der Waals surface area contributed by atoms with Crippen molar-refractivity contribution in [2.75, 3.05) is 14.2 Å². The maximum Gasteiger partial charge on any atom is 0.213 e. The SMILES string of the molecule is COc1ccc(C2=NN3[C@@H](c4ccc(F)cc4)Oc4ccc(Br)cc4[C@@H]3C2)cc1OC. The van der Waals surface area contributed by atoms with Crippen LogP contribution in [0.4, 0.5) is 4.39 Å². The summed E-state index contributed by atoms with van der Waals surface area (Å²) in [5, 5.41) is 6.91. The van der Waals surface area contributed by atoms with Crippen LogP contribution in [0.1, 0.15) is 35.4 Å². The quantitative estimate of drug-likeness (QED) is 0.467. The number of benzene rings is 3. The van der Waals surface area contributed by atoms with E-state index in [-0.39, 0.29) is 11.9 Å². The molecule has 0 spiro atoms. The van der Waals surface area contributed by atoms with Gasteiger partial charge in [0.15, 0.2) is 11.5 Å². The van der Waals surface area contributed by atoms with Crippen molar-refractivity contribution >= 4 is 21.6 Å². The molecule has 0 unspecified atom stereocenters. The molecule has 0 radical (unpaired) electrons. The summed E-state index contributed by atoms with van der Waals surface area (Å²) in [6.07, 6.45) is 0.261. The summed E-state index contributed by atoms with van der Waals surface area (Å²) >= 11 is 3.57. The van der Waals surface area contributed by atoms with Crippen molar-refractivity contribution < 1.29 is 18.6 Å². The van der Waals surface area contributed by atoms with E-state index in [1.807, 2.05) is 35.3 Å². The van der Waals surface area contributed by atoms with Crippen LogP contribution < -0.4 is 14.2 Å². The molecule has 5 nitrogen and oxygen atoms in total. The second kappa shape index (κ2) is 7.89. The van der Waals surface area contributed by atoms with Crippen LogP contribution in [0.2, 0.25) is 0 Å². The second-order valence-corrected chi connectivity index (χ2v) is 8.34. The molecule has 0 amide bonds. The van der Waals surface area contributed by atoms with Crippen LogP contribution in [0.3, 0.4) is 0 Å². The minimum atomic E-state index is -0.447. The van der Waals surface area contributed by atoms with E-state index in [1.54, 1.807) is 26.4 Å². The molecule has 158 valence electrons. The van der Waals surface area contributed by atoms with E-state index in [4.69, 9.17) is 19.3 Å². The van der Waals surface area contributed by atoms with Crippen LogP contribution in [-0.2, 0) is 0 Å². The lowest BCUT2D eigenvalue weighted by atomic mass is 9.96. The number of hydrogen-bond acceptors (Lipinski definition) is 5. The maximum atomic E-state index is 13.5. The monoisotopic (exact) mass is 482 g/mol. The highest BCUT2D eigenvalue weighted by Crippen LogP contribution is 2.48. The number of hydrogen-bond donors (Lipinski definition) is 0. The summed E-state index contributed by atoms with van der Waals surface area (Å²) in [6, 6.07) is 18.2. The van der Waals surface area contributed by atoms with Gasteiger partial charge in [-0.05, 0) is 48.5 Å². The maximum absolute atomic E-state index is 13.5. The molecule has 0 aliphatic carbocycles. The number of rotatable bonds is 4. The molecule has 31 heavy (non-hydrogen) atoms. The molecule has 0 aromatic heterocycles. The van der Waals surface area contributed by atoms with Gasteiger partial charge >= 0.3 is 0 Å². The molecule has 2 aliphatic rings. The highest BCUT2D eigenvalue weighted by atomic mass is 79.9. The van der Waals surface area contributed by atoms with Gasteiger partial charge in [0, 0.05) is 27.6 Å². The van der Waals surface area contributed by atoms with Crippen LogP contribution in [0.25, 0.3) is 0 Å². The minimum Gasteiger partial charge on any atom is -0.493 e. The summed E-state index contributed by atoms with van der Waals surface area (Å²) in [4.78, 5) is 0. The van der Waals surface area contributed by atoms with Crippen molar-refractivity contribution in [1.82, 2.24) is 5.01 Å². The average molecular weight is 483 g/mol. The molecule has 0 saturated carbocycles. The third-order valence-electron chi connectivity index (χ3n) is 5.62. The van der Waals surface area contributed by atoms with Gasteiger partial charge in [-0.1, -0.05) is 28.1 Å². The molecule has 2 atom stereocenters. The number of fused-ring (bicyclic) bond motifs is 3. The molecule has 7 heteroatoms. The Morgan fingerprint density at radius 2 is 1.77 bits per heavy atom. The van der Waals surface area contributed by atoms with Crippen LogP contribution in [0.15, 0.2) is 70.2 Å².